The maximum Gasteiger partial charge on any atom is 0.416 e. The largest absolute Gasteiger partial charge is 0.496 e. The van der Waals surface area contributed by atoms with Crippen molar-refractivity contribution in [1.82, 2.24) is 4.57 Å². The van der Waals surface area contributed by atoms with Crippen LogP contribution in [0.25, 0.3) is 23.1 Å². The highest BCUT2D eigenvalue weighted by molar-refractivity contribution is 6.10. The normalized spacial score (nSPS) is 14.5. The fourth-order valence-corrected chi connectivity index (χ4v) is 4.59. The second-order valence-corrected chi connectivity index (χ2v) is 9.72. The summed E-state index contributed by atoms with van der Waals surface area (Å²) in [6.07, 6.45) is 4.64. The van der Waals surface area contributed by atoms with E-state index in [2.05, 4.69) is 0 Å². The molecule has 7 heteroatoms. The SMILES string of the molecule is COc1ccc(C(=O)/C=C/c2cn(Cc3ccc(C(F)(F)F)cc3)c3ccccc23)c2c1C=CC(C)(C)O2. The molecule has 1 aliphatic heterocycles. The number of ketones is 1. The predicted octanol–water partition coefficient (Wildman–Crippen LogP) is 7.80. The van der Waals surface area contributed by atoms with Crippen molar-refractivity contribution in [2.24, 2.45) is 0 Å². The average Bonchev–Trinajstić information content (AvgIpc) is 3.23. The number of aromatic nitrogens is 1. The highest BCUT2D eigenvalue weighted by Crippen LogP contribution is 2.40. The van der Waals surface area contributed by atoms with Gasteiger partial charge in [-0.1, -0.05) is 30.3 Å². The Bertz CT molecular complexity index is 1570. The summed E-state index contributed by atoms with van der Waals surface area (Å²) in [7, 11) is 1.57. The average molecular weight is 518 g/mol. The lowest BCUT2D eigenvalue weighted by molar-refractivity contribution is -0.137. The van der Waals surface area contributed by atoms with Gasteiger partial charge in [-0.25, -0.2) is 0 Å². The molecule has 4 aromatic rings. The van der Waals surface area contributed by atoms with Gasteiger partial charge in [0, 0.05) is 29.2 Å². The van der Waals surface area contributed by atoms with Crippen molar-refractivity contribution in [3.05, 3.63) is 107 Å². The maximum absolute atomic E-state index is 13.3. The summed E-state index contributed by atoms with van der Waals surface area (Å²) in [5.41, 5.74) is 2.39. The second-order valence-electron chi connectivity index (χ2n) is 9.72. The van der Waals surface area contributed by atoms with Gasteiger partial charge >= 0.3 is 6.18 Å². The third-order valence-corrected chi connectivity index (χ3v) is 6.53. The molecule has 0 saturated carbocycles. The molecule has 0 N–H and O–H groups in total. The summed E-state index contributed by atoms with van der Waals surface area (Å²) in [5, 5.41) is 0.931. The number of benzene rings is 3. The molecule has 0 unspecified atom stereocenters. The molecule has 1 aromatic heterocycles. The molecule has 194 valence electrons. The Kier molecular flexibility index (Phi) is 6.39. The van der Waals surface area contributed by atoms with Gasteiger partial charge in [-0.2, -0.15) is 13.2 Å². The smallest absolute Gasteiger partial charge is 0.416 e. The van der Waals surface area contributed by atoms with E-state index in [1.807, 2.05) is 61.0 Å². The molecule has 2 heterocycles. The monoisotopic (exact) mass is 517 g/mol. The van der Waals surface area contributed by atoms with E-state index in [0.29, 0.717) is 23.6 Å². The van der Waals surface area contributed by atoms with Crippen LogP contribution in [0.15, 0.2) is 79.0 Å². The number of para-hydroxylation sites is 1. The molecule has 1 aliphatic rings. The first-order chi connectivity index (χ1) is 18.1. The van der Waals surface area contributed by atoms with Gasteiger partial charge in [0.25, 0.3) is 0 Å². The number of alkyl halides is 3. The van der Waals surface area contributed by atoms with Crippen LogP contribution in [-0.4, -0.2) is 23.1 Å². The Morgan fingerprint density at radius 3 is 2.50 bits per heavy atom. The molecule has 3 aromatic carbocycles. The van der Waals surface area contributed by atoms with Gasteiger partial charge in [-0.15, -0.1) is 0 Å². The number of carbonyl (C=O) groups is 1. The van der Waals surface area contributed by atoms with Crippen LogP contribution in [0.3, 0.4) is 0 Å². The summed E-state index contributed by atoms with van der Waals surface area (Å²) in [6.45, 7) is 4.23. The van der Waals surface area contributed by atoms with Gasteiger partial charge in [0.05, 0.1) is 23.8 Å². The molecule has 0 aliphatic carbocycles. The Morgan fingerprint density at radius 2 is 1.79 bits per heavy atom. The number of ether oxygens (including phenoxy) is 2. The zero-order valence-corrected chi connectivity index (χ0v) is 21.2. The first-order valence-electron chi connectivity index (χ1n) is 12.1. The third-order valence-electron chi connectivity index (χ3n) is 6.53. The summed E-state index contributed by atoms with van der Waals surface area (Å²) in [6, 6.07) is 16.3. The molecule has 0 atom stereocenters. The number of allylic oxidation sites excluding steroid dienone is 1. The Hall–Kier alpha value is -4.26. The molecule has 0 amide bonds. The topological polar surface area (TPSA) is 40.5 Å². The van der Waals surface area contributed by atoms with Crippen molar-refractivity contribution in [2.45, 2.75) is 32.2 Å². The lowest BCUT2D eigenvalue weighted by atomic mass is 9.97. The van der Waals surface area contributed by atoms with E-state index >= 15 is 0 Å². The van der Waals surface area contributed by atoms with Crippen molar-refractivity contribution in [3.8, 4) is 11.5 Å². The standard InChI is InChI=1S/C31H26F3NO3/c1-30(2)17-16-25-28(37-3)15-13-24(29(25)38-30)27(36)14-10-21-19-35(26-7-5-4-6-23(21)26)18-20-8-11-22(12-9-20)31(32,33)34/h4-17,19H,18H2,1-3H3/b14-10+. The van der Waals surface area contributed by atoms with Crippen molar-refractivity contribution in [1.29, 1.82) is 0 Å². The molecule has 0 bridgehead atoms. The Labute approximate surface area is 218 Å². The molecule has 5 rings (SSSR count). The van der Waals surface area contributed by atoms with Crippen LogP contribution < -0.4 is 9.47 Å². The van der Waals surface area contributed by atoms with Crippen molar-refractivity contribution >= 4 is 28.8 Å². The molecule has 4 nitrogen and oxygen atoms in total. The summed E-state index contributed by atoms with van der Waals surface area (Å²) in [5.74, 6) is 0.893. The van der Waals surface area contributed by atoms with E-state index in [4.69, 9.17) is 9.47 Å². The molecule has 0 saturated heterocycles. The second kappa shape index (κ2) is 9.56. The molecule has 0 radical (unpaired) electrons. The zero-order valence-electron chi connectivity index (χ0n) is 21.2. The predicted molar refractivity (Wildman–Crippen MR) is 143 cm³/mol. The first-order valence-corrected chi connectivity index (χ1v) is 12.1. The van der Waals surface area contributed by atoms with Crippen LogP contribution in [0.4, 0.5) is 13.2 Å². The maximum atomic E-state index is 13.3. The molecular formula is C31H26F3NO3. The number of halogens is 3. The van der Waals surface area contributed by atoms with Gasteiger partial charge in [0.1, 0.15) is 17.1 Å². The highest BCUT2D eigenvalue weighted by atomic mass is 19.4. The lowest BCUT2D eigenvalue weighted by Crippen LogP contribution is -2.28. The van der Waals surface area contributed by atoms with E-state index in [1.165, 1.54) is 18.2 Å². The number of fused-ring (bicyclic) bond motifs is 2. The zero-order chi connectivity index (χ0) is 27.1. The number of carbonyl (C=O) groups excluding carboxylic acids is 1. The van der Waals surface area contributed by atoms with Crippen molar-refractivity contribution in [2.75, 3.05) is 7.11 Å². The quantitative estimate of drug-likeness (QED) is 0.194. The Balaban J connectivity index is 1.45. The number of methoxy groups -OCH3 is 1. The minimum absolute atomic E-state index is 0.213. The van der Waals surface area contributed by atoms with Gasteiger partial charge in [-0.05, 0) is 74.0 Å². The van der Waals surface area contributed by atoms with Gasteiger partial charge < -0.3 is 14.0 Å². The molecule has 0 spiro atoms. The molecule has 0 fully saturated rings. The van der Waals surface area contributed by atoms with Crippen LogP contribution in [0.5, 0.6) is 11.5 Å². The minimum Gasteiger partial charge on any atom is -0.496 e. The number of rotatable bonds is 6. The van der Waals surface area contributed by atoms with Crippen LogP contribution in [-0.2, 0) is 12.7 Å². The van der Waals surface area contributed by atoms with E-state index in [0.717, 1.165) is 39.7 Å². The van der Waals surface area contributed by atoms with Crippen molar-refractivity contribution in [3.63, 3.8) is 0 Å². The van der Waals surface area contributed by atoms with Crippen molar-refractivity contribution < 1.29 is 27.4 Å². The Morgan fingerprint density at radius 1 is 1.05 bits per heavy atom. The van der Waals surface area contributed by atoms with E-state index in [-0.39, 0.29) is 5.78 Å². The summed E-state index contributed by atoms with van der Waals surface area (Å²) in [4.78, 5) is 13.3. The highest BCUT2D eigenvalue weighted by Gasteiger charge is 2.30. The fraction of sp³-hybridized carbons (Fsp3) is 0.194. The molecule has 38 heavy (non-hydrogen) atoms. The van der Waals surface area contributed by atoms with Gasteiger partial charge in [0.15, 0.2) is 5.78 Å². The third kappa shape index (κ3) is 4.96. The van der Waals surface area contributed by atoms with Crippen LogP contribution in [0.2, 0.25) is 0 Å². The van der Waals surface area contributed by atoms with E-state index in [9.17, 15) is 18.0 Å². The number of hydrogen-bond donors (Lipinski definition) is 0. The van der Waals surface area contributed by atoms with Gasteiger partial charge in [-0.3, -0.25) is 4.79 Å². The molecular weight excluding hydrogens is 491 g/mol. The van der Waals surface area contributed by atoms with Gasteiger partial charge in [0.2, 0.25) is 0 Å². The summed E-state index contributed by atoms with van der Waals surface area (Å²) < 4.78 is 52.4. The number of hydrogen-bond acceptors (Lipinski definition) is 3. The van der Waals surface area contributed by atoms with E-state index in [1.54, 1.807) is 25.3 Å². The van der Waals surface area contributed by atoms with Crippen LogP contribution in [0.1, 0.15) is 46.5 Å². The fourth-order valence-electron chi connectivity index (χ4n) is 4.59. The number of nitrogens with zero attached hydrogens (tertiary/aromatic N) is 1. The lowest BCUT2D eigenvalue weighted by Gasteiger charge is -2.29. The minimum atomic E-state index is -4.37. The first kappa shape index (κ1) is 25.4. The van der Waals surface area contributed by atoms with Crippen LogP contribution >= 0.6 is 0 Å². The van der Waals surface area contributed by atoms with E-state index < -0.39 is 17.3 Å². The van der Waals surface area contributed by atoms with Crippen LogP contribution in [0, 0.1) is 0 Å². The summed E-state index contributed by atoms with van der Waals surface area (Å²) >= 11 is 0.